The van der Waals surface area contributed by atoms with Crippen molar-refractivity contribution in [3.05, 3.63) is 54.0 Å². The van der Waals surface area contributed by atoms with E-state index in [1.165, 1.54) is 12.4 Å². The zero-order chi connectivity index (χ0) is 16.0. The normalized spacial score (nSPS) is 23.6. The van der Waals surface area contributed by atoms with Gasteiger partial charge in [0.2, 0.25) is 5.91 Å². The van der Waals surface area contributed by atoms with Crippen LogP contribution in [-0.4, -0.2) is 26.1 Å². The van der Waals surface area contributed by atoms with Crippen LogP contribution in [0.15, 0.2) is 36.9 Å². The van der Waals surface area contributed by atoms with Gasteiger partial charge in [0.15, 0.2) is 5.82 Å². The number of halogens is 1. The highest BCUT2D eigenvalue weighted by Crippen LogP contribution is 2.54. The van der Waals surface area contributed by atoms with Crippen molar-refractivity contribution >= 4 is 16.8 Å². The summed E-state index contributed by atoms with van der Waals surface area (Å²) in [5.41, 5.74) is 6.23. The van der Waals surface area contributed by atoms with E-state index in [1.807, 2.05) is 0 Å². The molecule has 3 N–H and O–H groups in total. The molecule has 116 valence electrons. The summed E-state index contributed by atoms with van der Waals surface area (Å²) in [7, 11) is 0. The summed E-state index contributed by atoms with van der Waals surface area (Å²) in [5.74, 6) is -1.32. The molecule has 0 bridgehead atoms. The average Bonchev–Trinajstić information content (AvgIpc) is 2.99. The predicted octanol–water partition coefficient (Wildman–Crippen LogP) is 1.79. The Kier molecular flexibility index (Phi) is 2.90. The van der Waals surface area contributed by atoms with Gasteiger partial charge in [-0.25, -0.2) is 4.39 Å². The van der Waals surface area contributed by atoms with E-state index in [0.717, 1.165) is 0 Å². The van der Waals surface area contributed by atoms with Crippen LogP contribution >= 0.6 is 0 Å². The first-order valence-corrected chi connectivity index (χ1v) is 7.32. The number of pyridine rings is 2. The molecule has 1 amide bonds. The molecule has 3 heterocycles. The van der Waals surface area contributed by atoms with Crippen molar-refractivity contribution in [3.8, 4) is 0 Å². The molecule has 0 aromatic carbocycles. The Bertz CT molecular complexity index is 894. The van der Waals surface area contributed by atoms with Crippen molar-refractivity contribution < 1.29 is 9.18 Å². The number of hydrogen-bond acceptors (Lipinski definition) is 4. The van der Waals surface area contributed by atoms with E-state index in [-0.39, 0.29) is 5.69 Å². The Morgan fingerprint density at radius 3 is 2.91 bits per heavy atom. The fourth-order valence-electron chi connectivity index (χ4n) is 3.50. The lowest BCUT2D eigenvalue weighted by molar-refractivity contribution is -0.128. The molecule has 0 aliphatic heterocycles. The number of aromatic nitrogens is 4. The average molecular weight is 311 g/mol. The number of nitrogens with zero attached hydrogens (tertiary/aromatic N) is 3. The quantitative estimate of drug-likeness (QED) is 0.770. The first-order chi connectivity index (χ1) is 11.1. The van der Waals surface area contributed by atoms with Crippen LogP contribution in [0.25, 0.3) is 10.9 Å². The Morgan fingerprint density at radius 2 is 2.26 bits per heavy atom. The smallest absolute Gasteiger partial charge is 0.228 e. The summed E-state index contributed by atoms with van der Waals surface area (Å²) in [5, 5.41) is 6.88. The maximum absolute atomic E-state index is 14.8. The molecule has 6 nitrogen and oxygen atoms in total. The largest absolute Gasteiger partial charge is 0.369 e. The molecule has 1 saturated carbocycles. The summed E-state index contributed by atoms with van der Waals surface area (Å²) in [6.45, 7) is 0. The molecule has 1 fully saturated rings. The third-order valence-electron chi connectivity index (χ3n) is 4.83. The minimum atomic E-state index is -0.959. The van der Waals surface area contributed by atoms with Gasteiger partial charge in [0, 0.05) is 18.3 Å². The molecule has 2 unspecified atom stereocenters. The molecule has 1 aliphatic rings. The van der Waals surface area contributed by atoms with Gasteiger partial charge in [-0.15, -0.1) is 0 Å². The summed E-state index contributed by atoms with van der Waals surface area (Å²) >= 11 is 0. The highest BCUT2D eigenvalue weighted by molar-refractivity contribution is 5.89. The van der Waals surface area contributed by atoms with Gasteiger partial charge in [-0.1, -0.05) is 6.07 Å². The maximum Gasteiger partial charge on any atom is 0.228 e. The number of carbonyl (C=O) groups is 1. The standard InChI is InChI=1S/C16H14FN5O/c17-13-10-7-21-22-12(10)8-20-14(13)11-3-4-16(11,15(18)23)9-2-1-5-19-6-9/h1-2,5-8,11H,3-4H2,(H2,18,23)(H,21,22). The highest BCUT2D eigenvalue weighted by atomic mass is 19.1. The lowest BCUT2D eigenvalue weighted by atomic mass is 9.55. The van der Waals surface area contributed by atoms with E-state index >= 15 is 0 Å². The van der Waals surface area contributed by atoms with Crippen LogP contribution in [0.4, 0.5) is 4.39 Å². The Labute approximate surface area is 130 Å². The van der Waals surface area contributed by atoms with Gasteiger partial charge in [-0.3, -0.25) is 19.9 Å². The van der Waals surface area contributed by atoms with Crippen LogP contribution in [0.5, 0.6) is 0 Å². The van der Waals surface area contributed by atoms with Gasteiger partial charge < -0.3 is 5.73 Å². The maximum atomic E-state index is 14.8. The number of carbonyl (C=O) groups excluding carboxylic acids is 1. The van der Waals surface area contributed by atoms with Crippen LogP contribution in [0.2, 0.25) is 0 Å². The molecule has 4 rings (SSSR count). The van der Waals surface area contributed by atoms with E-state index < -0.39 is 23.1 Å². The second-order valence-corrected chi connectivity index (χ2v) is 5.82. The fraction of sp³-hybridized carbons (Fsp3) is 0.250. The number of H-pyrrole nitrogens is 1. The lowest BCUT2D eigenvalue weighted by Crippen LogP contribution is -2.53. The van der Waals surface area contributed by atoms with Crippen LogP contribution in [0.1, 0.15) is 30.0 Å². The van der Waals surface area contributed by atoms with Gasteiger partial charge in [0.1, 0.15) is 0 Å². The fourth-order valence-corrected chi connectivity index (χ4v) is 3.50. The van der Waals surface area contributed by atoms with Crippen LogP contribution < -0.4 is 5.73 Å². The molecule has 0 spiro atoms. The van der Waals surface area contributed by atoms with Crippen molar-refractivity contribution in [2.45, 2.75) is 24.2 Å². The van der Waals surface area contributed by atoms with Crippen molar-refractivity contribution in [3.63, 3.8) is 0 Å². The second kappa shape index (κ2) is 4.84. The molecule has 23 heavy (non-hydrogen) atoms. The van der Waals surface area contributed by atoms with Crippen molar-refractivity contribution in [1.82, 2.24) is 20.2 Å². The van der Waals surface area contributed by atoms with E-state index in [1.54, 1.807) is 24.5 Å². The first kappa shape index (κ1) is 13.8. The topological polar surface area (TPSA) is 97.5 Å². The van der Waals surface area contributed by atoms with Gasteiger partial charge >= 0.3 is 0 Å². The van der Waals surface area contributed by atoms with E-state index in [4.69, 9.17) is 5.73 Å². The molecule has 7 heteroatoms. The van der Waals surface area contributed by atoms with Crippen molar-refractivity contribution in [1.29, 1.82) is 0 Å². The first-order valence-electron chi connectivity index (χ1n) is 7.32. The monoisotopic (exact) mass is 311 g/mol. The number of amides is 1. The Morgan fingerprint density at radius 1 is 1.39 bits per heavy atom. The molecule has 0 saturated heterocycles. The highest BCUT2D eigenvalue weighted by Gasteiger charge is 2.55. The van der Waals surface area contributed by atoms with E-state index in [2.05, 4.69) is 20.2 Å². The summed E-state index contributed by atoms with van der Waals surface area (Å²) in [6, 6.07) is 3.55. The second-order valence-electron chi connectivity index (χ2n) is 5.82. The summed E-state index contributed by atoms with van der Waals surface area (Å²) in [4.78, 5) is 20.5. The number of aromatic amines is 1. The Balaban J connectivity index is 1.87. The predicted molar refractivity (Wildman–Crippen MR) is 80.9 cm³/mol. The molecular weight excluding hydrogens is 297 g/mol. The number of primary amides is 1. The van der Waals surface area contributed by atoms with Gasteiger partial charge in [-0.05, 0) is 24.5 Å². The van der Waals surface area contributed by atoms with Crippen molar-refractivity contribution in [2.24, 2.45) is 5.73 Å². The molecule has 3 aromatic rings. The number of fused-ring (bicyclic) bond motifs is 1. The zero-order valence-electron chi connectivity index (χ0n) is 12.2. The number of nitrogens with two attached hydrogens (primary N) is 1. The zero-order valence-corrected chi connectivity index (χ0v) is 12.2. The molecule has 0 radical (unpaired) electrons. The third-order valence-corrected chi connectivity index (χ3v) is 4.83. The van der Waals surface area contributed by atoms with E-state index in [0.29, 0.717) is 29.3 Å². The molecule has 1 aliphatic carbocycles. The van der Waals surface area contributed by atoms with Crippen LogP contribution in [0, 0.1) is 5.82 Å². The van der Waals surface area contributed by atoms with Gasteiger partial charge in [0.25, 0.3) is 0 Å². The van der Waals surface area contributed by atoms with Gasteiger partial charge in [0.05, 0.1) is 34.4 Å². The molecular formula is C16H14FN5O. The number of nitrogens with one attached hydrogen (secondary N) is 1. The van der Waals surface area contributed by atoms with Gasteiger partial charge in [-0.2, -0.15) is 5.10 Å². The number of rotatable bonds is 3. The molecule has 2 atom stereocenters. The summed E-state index contributed by atoms with van der Waals surface area (Å²) in [6.07, 6.45) is 7.40. The lowest BCUT2D eigenvalue weighted by Gasteiger charge is -2.47. The number of hydrogen-bond donors (Lipinski definition) is 2. The molecule has 3 aromatic heterocycles. The summed E-state index contributed by atoms with van der Waals surface area (Å²) < 4.78 is 14.8. The van der Waals surface area contributed by atoms with Crippen LogP contribution in [-0.2, 0) is 10.2 Å². The minimum Gasteiger partial charge on any atom is -0.369 e. The SMILES string of the molecule is NC(=O)C1(c2cccnc2)CCC1c1ncc2[nH]ncc2c1F. The third kappa shape index (κ3) is 1.79. The van der Waals surface area contributed by atoms with Crippen LogP contribution in [0.3, 0.4) is 0 Å². The van der Waals surface area contributed by atoms with E-state index in [9.17, 15) is 9.18 Å². The Hall–Kier alpha value is -2.83. The minimum absolute atomic E-state index is 0.257. The van der Waals surface area contributed by atoms with Crippen molar-refractivity contribution in [2.75, 3.05) is 0 Å².